The Morgan fingerprint density at radius 3 is 3.00 bits per heavy atom. The Balaban J connectivity index is 1.58. The third-order valence-electron chi connectivity index (χ3n) is 4.19. The van der Waals surface area contributed by atoms with Crippen molar-refractivity contribution in [1.82, 2.24) is 25.0 Å². The van der Waals surface area contributed by atoms with Crippen molar-refractivity contribution in [3.63, 3.8) is 0 Å². The lowest BCUT2D eigenvalue weighted by Crippen LogP contribution is -2.47. The minimum Gasteiger partial charge on any atom is -0.347 e. The average Bonchev–Trinajstić information content (AvgIpc) is 2.87. The van der Waals surface area contributed by atoms with Gasteiger partial charge in [-0.05, 0) is 44.5 Å². The molecule has 3 rings (SSSR count). The quantitative estimate of drug-likeness (QED) is 0.929. The summed E-state index contributed by atoms with van der Waals surface area (Å²) < 4.78 is 1.64. The van der Waals surface area contributed by atoms with Crippen LogP contribution in [0.15, 0.2) is 30.5 Å². The number of hydrogen-bond acceptors (Lipinski definition) is 4. The summed E-state index contributed by atoms with van der Waals surface area (Å²) in [6.07, 6.45) is 3.92. The molecule has 1 N–H and O–H groups in total. The summed E-state index contributed by atoms with van der Waals surface area (Å²) in [5.74, 6) is -0.0437. The zero-order valence-electron chi connectivity index (χ0n) is 13.7. The van der Waals surface area contributed by atoms with E-state index in [-0.39, 0.29) is 11.9 Å². The number of hydrogen-bond donors (Lipinski definition) is 1. The summed E-state index contributed by atoms with van der Waals surface area (Å²) in [6.45, 7) is 4.64. The van der Waals surface area contributed by atoms with Crippen molar-refractivity contribution in [2.45, 2.75) is 32.4 Å². The highest BCUT2D eigenvalue weighted by Crippen LogP contribution is 2.13. The van der Waals surface area contributed by atoms with E-state index in [1.54, 1.807) is 11.7 Å². The van der Waals surface area contributed by atoms with Gasteiger partial charge in [0.2, 0.25) is 0 Å². The Morgan fingerprint density at radius 1 is 1.43 bits per heavy atom. The van der Waals surface area contributed by atoms with E-state index in [4.69, 9.17) is 0 Å². The first kappa shape index (κ1) is 15.7. The third-order valence-corrected chi connectivity index (χ3v) is 4.19. The van der Waals surface area contributed by atoms with Crippen LogP contribution in [0.2, 0.25) is 0 Å². The van der Waals surface area contributed by atoms with Crippen LogP contribution in [0.1, 0.15) is 34.7 Å². The van der Waals surface area contributed by atoms with E-state index >= 15 is 0 Å². The minimum atomic E-state index is -0.0437. The van der Waals surface area contributed by atoms with Crippen molar-refractivity contribution in [3.8, 4) is 0 Å². The molecular weight excluding hydrogens is 290 g/mol. The van der Waals surface area contributed by atoms with Crippen molar-refractivity contribution < 1.29 is 4.79 Å². The van der Waals surface area contributed by atoms with Gasteiger partial charge in [0.05, 0.1) is 11.4 Å². The number of nitrogens with one attached hydrogen (secondary N) is 1. The number of amides is 1. The zero-order valence-corrected chi connectivity index (χ0v) is 13.7. The van der Waals surface area contributed by atoms with Crippen molar-refractivity contribution in [2.24, 2.45) is 7.05 Å². The van der Waals surface area contributed by atoms with Crippen LogP contribution >= 0.6 is 0 Å². The predicted octanol–water partition coefficient (Wildman–Crippen LogP) is 1.52. The second-order valence-corrected chi connectivity index (χ2v) is 6.16. The maximum absolute atomic E-state index is 12.4. The van der Waals surface area contributed by atoms with Crippen molar-refractivity contribution in [2.75, 3.05) is 13.1 Å². The van der Waals surface area contributed by atoms with Gasteiger partial charge in [-0.25, -0.2) is 0 Å². The number of nitrogens with zero attached hydrogens (tertiary/aromatic N) is 4. The van der Waals surface area contributed by atoms with E-state index in [0.29, 0.717) is 5.69 Å². The molecule has 6 heteroatoms. The molecule has 0 saturated carbocycles. The first-order chi connectivity index (χ1) is 11.1. The monoisotopic (exact) mass is 313 g/mol. The second-order valence-electron chi connectivity index (χ2n) is 6.16. The van der Waals surface area contributed by atoms with E-state index in [1.165, 1.54) is 0 Å². The minimum absolute atomic E-state index is 0.0437. The molecular formula is C17H23N5O. The molecule has 0 aliphatic carbocycles. The molecule has 2 aromatic heterocycles. The van der Waals surface area contributed by atoms with Gasteiger partial charge in [0.25, 0.3) is 5.91 Å². The molecule has 6 nitrogen and oxygen atoms in total. The number of rotatable bonds is 4. The molecule has 1 unspecified atom stereocenters. The average molecular weight is 313 g/mol. The van der Waals surface area contributed by atoms with Crippen LogP contribution in [-0.4, -0.2) is 44.7 Å². The fourth-order valence-electron chi connectivity index (χ4n) is 3.12. The number of aryl methyl sites for hydroxylation is 2. The van der Waals surface area contributed by atoms with Crippen LogP contribution in [0, 0.1) is 6.92 Å². The Morgan fingerprint density at radius 2 is 2.30 bits per heavy atom. The number of piperidine rings is 1. The summed E-state index contributed by atoms with van der Waals surface area (Å²) in [5, 5.41) is 7.38. The van der Waals surface area contributed by atoms with Crippen LogP contribution in [0.4, 0.5) is 0 Å². The molecule has 0 bridgehead atoms. The van der Waals surface area contributed by atoms with Gasteiger partial charge in [-0.1, -0.05) is 6.07 Å². The standard InChI is InChI=1S/C17H23N5O/c1-13-10-16(21(2)20-13)17(23)19-15-7-5-9-22(12-15)11-14-6-3-4-8-18-14/h3-4,6,8,10,15H,5,7,9,11-12H2,1-2H3,(H,19,23). The maximum Gasteiger partial charge on any atom is 0.269 e. The molecule has 122 valence electrons. The highest BCUT2D eigenvalue weighted by molar-refractivity contribution is 5.92. The topological polar surface area (TPSA) is 63.1 Å². The molecule has 0 radical (unpaired) electrons. The molecule has 0 aromatic carbocycles. The molecule has 2 aromatic rings. The number of pyridine rings is 1. The largest absolute Gasteiger partial charge is 0.347 e. The molecule has 1 saturated heterocycles. The van der Waals surface area contributed by atoms with Crippen molar-refractivity contribution >= 4 is 5.91 Å². The summed E-state index contributed by atoms with van der Waals surface area (Å²) in [4.78, 5) is 19.1. The van der Waals surface area contributed by atoms with Gasteiger partial charge in [0.1, 0.15) is 5.69 Å². The van der Waals surface area contributed by atoms with Crippen LogP contribution in [0.25, 0.3) is 0 Å². The predicted molar refractivity (Wildman–Crippen MR) is 87.9 cm³/mol. The van der Waals surface area contributed by atoms with Gasteiger partial charge in [-0.2, -0.15) is 5.10 Å². The summed E-state index contributed by atoms with van der Waals surface area (Å²) in [6, 6.07) is 7.98. The smallest absolute Gasteiger partial charge is 0.269 e. The Bertz CT molecular complexity index is 667. The molecule has 3 heterocycles. The third kappa shape index (κ3) is 3.96. The normalized spacial score (nSPS) is 18.8. The van der Waals surface area contributed by atoms with Crippen LogP contribution in [0.5, 0.6) is 0 Å². The molecule has 1 aliphatic heterocycles. The number of carbonyl (C=O) groups is 1. The van der Waals surface area contributed by atoms with Crippen LogP contribution in [0.3, 0.4) is 0 Å². The highest BCUT2D eigenvalue weighted by Gasteiger charge is 2.23. The van der Waals surface area contributed by atoms with Gasteiger partial charge in [-0.15, -0.1) is 0 Å². The lowest BCUT2D eigenvalue weighted by atomic mass is 10.1. The van der Waals surface area contributed by atoms with Gasteiger partial charge >= 0.3 is 0 Å². The second kappa shape index (κ2) is 6.91. The first-order valence-corrected chi connectivity index (χ1v) is 8.05. The molecule has 1 atom stereocenters. The van der Waals surface area contributed by atoms with Crippen molar-refractivity contribution in [3.05, 3.63) is 47.5 Å². The lowest BCUT2D eigenvalue weighted by Gasteiger charge is -2.32. The van der Waals surface area contributed by atoms with Crippen LogP contribution in [-0.2, 0) is 13.6 Å². The molecule has 1 aliphatic rings. The van der Waals surface area contributed by atoms with E-state index in [1.807, 2.05) is 37.4 Å². The number of carbonyl (C=O) groups excluding carboxylic acids is 1. The van der Waals surface area contributed by atoms with Gasteiger partial charge in [-0.3, -0.25) is 19.4 Å². The summed E-state index contributed by atoms with van der Waals surface area (Å²) in [7, 11) is 1.80. The first-order valence-electron chi connectivity index (χ1n) is 8.05. The highest BCUT2D eigenvalue weighted by atomic mass is 16.2. The Kier molecular flexibility index (Phi) is 4.71. The summed E-state index contributed by atoms with van der Waals surface area (Å²) >= 11 is 0. The van der Waals surface area contributed by atoms with Gasteiger partial charge in [0.15, 0.2) is 0 Å². The molecule has 0 spiro atoms. The summed E-state index contributed by atoms with van der Waals surface area (Å²) in [5.41, 5.74) is 2.55. The number of likely N-dealkylation sites (tertiary alicyclic amines) is 1. The molecule has 1 fully saturated rings. The molecule has 23 heavy (non-hydrogen) atoms. The Hall–Kier alpha value is -2.21. The maximum atomic E-state index is 12.4. The lowest BCUT2D eigenvalue weighted by molar-refractivity contribution is 0.0891. The van der Waals surface area contributed by atoms with Gasteiger partial charge in [0, 0.05) is 32.4 Å². The van der Waals surface area contributed by atoms with Crippen LogP contribution < -0.4 is 5.32 Å². The fourth-order valence-corrected chi connectivity index (χ4v) is 3.12. The Labute approximate surface area is 136 Å². The fraction of sp³-hybridized carbons (Fsp3) is 0.471. The van der Waals surface area contributed by atoms with Gasteiger partial charge < -0.3 is 5.32 Å². The van der Waals surface area contributed by atoms with E-state index in [0.717, 1.165) is 43.9 Å². The van der Waals surface area contributed by atoms with E-state index < -0.39 is 0 Å². The van der Waals surface area contributed by atoms with Crippen molar-refractivity contribution in [1.29, 1.82) is 0 Å². The van der Waals surface area contributed by atoms with E-state index in [2.05, 4.69) is 20.3 Å². The SMILES string of the molecule is Cc1cc(C(=O)NC2CCCN(Cc3ccccn3)C2)n(C)n1. The van der Waals surface area contributed by atoms with E-state index in [9.17, 15) is 4.79 Å². The zero-order chi connectivity index (χ0) is 16.2. The molecule has 1 amide bonds. The number of aromatic nitrogens is 3.